The number of nitrogens with zero attached hydrogens (tertiary/aromatic N) is 3. The maximum Gasteiger partial charge on any atom is 0.208 e. The highest BCUT2D eigenvalue weighted by molar-refractivity contribution is 5.85. The van der Waals surface area contributed by atoms with Gasteiger partial charge in [0.2, 0.25) is 5.89 Å². The van der Waals surface area contributed by atoms with Gasteiger partial charge in [-0.05, 0) is 26.8 Å². The van der Waals surface area contributed by atoms with Gasteiger partial charge in [-0.3, -0.25) is 9.80 Å². The molecule has 21 heavy (non-hydrogen) atoms. The van der Waals surface area contributed by atoms with E-state index in [9.17, 15) is 0 Å². The van der Waals surface area contributed by atoms with Crippen LogP contribution in [0.15, 0.2) is 4.42 Å². The Balaban J connectivity index is 0.00000110. The summed E-state index contributed by atoms with van der Waals surface area (Å²) in [5.41, 5.74) is 1.02. The van der Waals surface area contributed by atoms with Crippen molar-refractivity contribution in [1.29, 1.82) is 0 Å². The summed E-state index contributed by atoms with van der Waals surface area (Å²) in [6.45, 7) is 11.8. The van der Waals surface area contributed by atoms with E-state index in [0.29, 0.717) is 0 Å². The van der Waals surface area contributed by atoms with Crippen LogP contribution in [-0.4, -0.2) is 60.1 Å². The van der Waals surface area contributed by atoms with Gasteiger partial charge >= 0.3 is 0 Å². The van der Waals surface area contributed by atoms with E-state index in [1.807, 2.05) is 13.8 Å². The molecule has 1 atom stereocenters. The molecule has 122 valence electrons. The molecular weight excluding hydrogens is 311 g/mol. The second-order valence-electron chi connectivity index (χ2n) is 5.71. The van der Waals surface area contributed by atoms with Crippen LogP contribution in [0, 0.1) is 13.8 Å². The van der Waals surface area contributed by atoms with Gasteiger partial charge in [-0.15, -0.1) is 24.8 Å². The zero-order valence-electron chi connectivity index (χ0n) is 12.8. The van der Waals surface area contributed by atoms with Crippen LogP contribution in [0.25, 0.3) is 0 Å². The number of halogens is 2. The molecule has 0 saturated carbocycles. The van der Waals surface area contributed by atoms with Crippen molar-refractivity contribution in [3.05, 3.63) is 17.3 Å². The van der Waals surface area contributed by atoms with Gasteiger partial charge in [0.1, 0.15) is 5.76 Å². The van der Waals surface area contributed by atoms with E-state index in [2.05, 4.69) is 20.1 Å². The van der Waals surface area contributed by atoms with Crippen LogP contribution in [-0.2, 0) is 6.54 Å². The SMILES string of the molecule is Cc1nc(CN2CCN(C3CCNC3)CC2)oc1C.Cl.Cl. The monoisotopic (exact) mass is 336 g/mol. The molecule has 1 aromatic heterocycles. The summed E-state index contributed by atoms with van der Waals surface area (Å²) >= 11 is 0. The zero-order chi connectivity index (χ0) is 13.2. The highest BCUT2D eigenvalue weighted by atomic mass is 35.5. The second-order valence-corrected chi connectivity index (χ2v) is 5.71. The number of nitrogens with one attached hydrogen (secondary N) is 1. The Morgan fingerprint density at radius 1 is 1.19 bits per heavy atom. The van der Waals surface area contributed by atoms with E-state index in [4.69, 9.17) is 4.42 Å². The highest BCUT2D eigenvalue weighted by Crippen LogP contribution is 2.15. The fourth-order valence-electron chi connectivity index (χ4n) is 3.04. The maximum absolute atomic E-state index is 5.67. The van der Waals surface area contributed by atoms with Crippen LogP contribution in [0.5, 0.6) is 0 Å². The molecule has 3 rings (SSSR count). The van der Waals surface area contributed by atoms with Crippen LogP contribution in [0.1, 0.15) is 23.8 Å². The molecule has 0 amide bonds. The molecule has 0 aliphatic carbocycles. The quantitative estimate of drug-likeness (QED) is 0.908. The fraction of sp³-hybridized carbons (Fsp3) is 0.786. The number of piperazine rings is 1. The minimum absolute atomic E-state index is 0. The average Bonchev–Trinajstić information content (AvgIpc) is 3.02. The van der Waals surface area contributed by atoms with Gasteiger partial charge in [0.25, 0.3) is 0 Å². The molecule has 7 heteroatoms. The predicted molar refractivity (Wildman–Crippen MR) is 88.6 cm³/mol. The first kappa shape index (κ1) is 18.7. The minimum Gasteiger partial charge on any atom is -0.444 e. The summed E-state index contributed by atoms with van der Waals surface area (Å²) in [4.78, 5) is 9.54. The number of aromatic nitrogens is 1. The van der Waals surface area contributed by atoms with Crippen LogP contribution in [0.3, 0.4) is 0 Å². The van der Waals surface area contributed by atoms with Crippen LogP contribution >= 0.6 is 24.8 Å². The normalized spacial score (nSPS) is 23.6. The lowest BCUT2D eigenvalue weighted by atomic mass is 10.2. The van der Waals surface area contributed by atoms with Gasteiger partial charge in [-0.2, -0.15) is 0 Å². The Bertz CT molecular complexity index is 407. The first-order chi connectivity index (χ1) is 9.22. The van der Waals surface area contributed by atoms with E-state index < -0.39 is 0 Å². The van der Waals surface area contributed by atoms with Gasteiger partial charge in [0.15, 0.2) is 0 Å². The Hall–Kier alpha value is -0.330. The summed E-state index contributed by atoms with van der Waals surface area (Å²) in [7, 11) is 0. The van der Waals surface area contributed by atoms with Gasteiger partial charge in [-0.1, -0.05) is 0 Å². The highest BCUT2D eigenvalue weighted by Gasteiger charge is 2.26. The van der Waals surface area contributed by atoms with E-state index in [0.717, 1.165) is 49.6 Å². The van der Waals surface area contributed by atoms with Gasteiger partial charge < -0.3 is 9.73 Å². The predicted octanol–water partition coefficient (Wildman–Crippen LogP) is 1.61. The third-order valence-electron chi connectivity index (χ3n) is 4.39. The van der Waals surface area contributed by atoms with Crippen molar-refractivity contribution in [3.63, 3.8) is 0 Å². The molecule has 2 fully saturated rings. The zero-order valence-corrected chi connectivity index (χ0v) is 14.4. The molecule has 5 nitrogen and oxygen atoms in total. The third kappa shape index (κ3) is 4.57. The number of rotatable bonds is 3. The molecule has 3 heterocycles. The molecule has 0 bridgehead atoms. The standard InChI is InChI=1S/C14H24N4O.2ClH/c1-11-12(2)19-14(16-11)10-17-5-7-18(8-6-17)13-3-4-15-9-13;;/h13,15H,3-10H2,1-2H3;2*1H. The molecule has 1 unspecified atom stereocenters. The number of hydrogen-bond acceptors (Lipinski definition) is 5. The summed E-state index contributed by atoms with van der Waals surface area (Å²) in [5, 5.41) is 3.45. The Morgan fingerprint density at radius 3 is 2.43 bits per heavy atom. The molecule has 0 spiro atoms. The van der Waals surface area contributed by atoms with Gasteiger partial charge in [0, 0.05) is 38.8 Å². The van der Waals surface area contributed by atoms with Crippen LogP contribution in [0.2, 0.25) is 0 Å². The van der Waals surface area contributed by atoms with Crippen molar-refractivity contribution in [2.75, 3.05) is 39.3 Å². The molecular formula is C14H26Cl2N4O. The van der Waals surface area contributed by atoms with Crippen molar-refractivity contribution in [2.45, 2.75) is 32.9 Å². The van der Waals surface area contributed by atoms with Crippen LogP contribution < -0.4 is 5.32 Å². The fourth-order valence-corrected chi connectivity index (χ4v) is 3.04. The second kappa shape index (κ2) is 8.34. The van der Waals surface area contributed by atoms with Gasteiger partial charge in [-0.25, -0.2) is 4.98 Å². The molecule has 2 saturated heterocycles. The summed E-state index contributed by atoms with van der Waals surface area (Å²) in [5.74, 6) is 1.82. The lowest BCUT2D eigenvalue weighted by molar-refractivity contribution is 0.0922. The van der Waals surface area contributed by atoms with E-state index in [1.54, 1.807) is 0 Å². The number of hydrogen-bond donors (Lipinski definition) is 1. The summed E-state index contributed by atoms with van der Waals surface area (Å²) in [6.07, 6.45) is 1.30. The lowest BCUT2D eigenvalue weighted by Gasteiger charge is -2.37. The Kier molecular flexibility index (Phi) is 7.44. The van der Waals surface area contributed by atoms with E-state index in [-0.39, 0.29) is 24.8 Å². The van der Waals surface area contributed by atoms with Crippen molar-refractivity contribution in [1.82, 2.24) is 20.1 Å². The largest absolute Gasteiger partial charge is 0.444 e. The third-order valence-corrected chi connectivity index (χ3v) is 4.39. The maximum atomic E-state index is 5.67. The Morgan fingerprint density at radius 2 is 1.90 bits per heavy atom. The van der Waals surface area contributed by atoms with Crippen LogP contribution in [0.4, 0.5) is 0 Å². The molecule has 1 aromatic rings. The van der Waals surface area contributed by atoms with Crippen molar-refractivity contribution in [2.24, 2.45) is 0 Å². The summed E-state index contributed by atoms with van der Waals surface area (Å²) < 4.78 is 5.67. The minimum atomic E-state index is 0. The molecule has 2 aliphatic rings. The number of oxazole rings is 1. The van der Waals surface area contributed by atoms with Crippen molar-refractivity contribution < 1.29 is 4.42 Å². The smallest absolute Gasteiger partial charge is 0.208 e. The Labute approximate surface area is 139 Å². The average molecular weight is 337 g/mol. The summed E-state index contributed by atoms with van der Waals surface area (Å²) in [6, 6.07) is 0.758. The van der Waals surface area contributed by atoms with Crippen molar-refractivity contribution >= 4 is 24.8 Å². The van der Waals surface area contributed by atoms with Crippen molar-refractivity contribution in [3.8, 4) is 0 Å². The van der Waals surface area contributed by atoms with E-state index >= 15 is 0 Å². The van der Waals surface area contributed by atoms with E-state index in [1.165, 1.54) is 26.1 Å². The first-order valence-corrected chi connectivity index (χ1v) is 7.32. The number of aryl methyl sites for hydroxylation is 2. The topological polar surface area (TPSA) is 44.5 Å². The first-order valence-electron chi connectivity index (χ1n) is 7.32. The molecule has 2 aliphatic heterocycles. The molecule has 0 radical (unpaired) electrons. The molecule has 0 aromatic carbocycles. The molecule has 1 N–H and O–H groups in total. The lowest BCUT2D eigenvalue weighted by Crippen LogP contribution is -2.50. The van der Waals surface area contributed by atoms with Gasteiger partial charge in [0.05, 0.1) is 12.2 Å².